The number of carbonyl (C=O) groups is 1. The van der Waals surface area contributed by atoms with Crippen LogP contribution in [0.15, 0.2) is 16.5 Å². The summed E-state index contributed by atoms with van der Waals surface area (Å²) in [5, 5.41) is 3.46. The zero-order valence-corrected chi connectivity index (χ0v) is 13.3. The molecule has 0 aromatic carbocycles. The maximum atomic E-state index is 13.0. The molecule has 1 saturated carbocycles. The molecule has 21 heavy (non-hydrogen) atoms. The van der Waals surface area contributed by atoms with Gasteiger partial charge in [-0.05, 0) is 64.1 Å². The van der Waals surface area contributed by atoms with Gasteiger partial charge in [0, 0.05) is 6.04 Å². The molecule has 3 atom stereocenters. The van der Waals surface area contributed by atoms with E-state index in [4.69, 9.17) is 4.42 Å². The SMILES string of the molecule is Cc1ccc(CN(C(=O)C2NCC3CCCC32)C(C)C)o1. The summed E-state index contributed by atoms with van der Waals surface area (Å²) in [4.78, 5) is 14.9. The summed E-state index contributed by atoms with van der Waals surface area (Å²) in [5.74, 6) is 3.26. The highest BCUT2D eigenvalue weighted by Gasteiger charge is 2.44. The van der Waals surface area contributed by atoms with Gasteiger partial charge in [0.25, 0.3) is 0 Å². The standard InChI is InChI=1S/C17H26N2O2/c1-11(2)19(10-14-8-7-12(3)21-14)17(20)16-15-6-4-5-13(15)9-18-16/h7-8,11,13,15-16,18H,4-6,9-10H2,1-3H3. The van der Waals surface area contributed by atoms with Crippen molar-refractivity contribution in [3.63, 3.8) is 0 Å². The molecule has 0 spiro atoms. The van der Waals surface area contributed by atoms with Gasteiger partial charge in [0.1, 0.15) is 11.5 Å². The smallest absolute Gasteiger partial charge is 0.240 e. The van der Waals surface area contributed by atoms with Crippen molar-refractivity contribution >= 4 is 5.91 Å². The molecule has 4 heteroatoms. The molecular weight excluding hydrogens is 264 g/mol. The summed E-state index contributed by atoms with van der Waals surface area (Å²) >= 11 is 0. The van der Waals surface area contributed by atoms with Crippen LogP contribution in [0.1, 0.15) is 44.6 Å². The molecule has 1 amide bonds. The van der Waals surface area contributed by atoms with E-state index < -0.39 is 0 Å². The van der Waals surface area contributed by atoms with Gasteiger partial charge in [0.2, 0.25) is 5.91 Å². The van der Waals surface area contributed by atoms with Crippen LogP contribution in [0.5, 0.6) is 0 Å². The van der Waals surface area contributed by atoms with E-state index in [0.717, 1.165) is 18.1 Å². The third-order valence-electron chi connectivity index (χ3n) is 5.04. The molecule has 2 aliphatic rings. The molecule has 116 valence electrons. The summed E-state index contributed by atoms with van der Waals surface area (Å²) in [7, 11) is 0. The average molecular weight is 290 g/mol. The normalized spacial score (nSPS) is 28.1. The summed E-state index contributed by atoms with van der Waals surface area (Å²) in [5.41, 5.74) is 0. The molecule has 1 aliphatic heterocycles. The first-order valence-electron chi connectivity index (χ1n) is 8.15. The van der Waals surface area contributed by atoms with Gasteiger partial charge >= 0.3 is 0 Å². The van der Waals surface area contributed by atoms with Gasteiger partial charge in [-0.15, -0.1) is 0 Å². The van der Waals surface area contributed by atoms with Crippen LogP contribution in [-0.2, 0) is 11.3 Å². The van der Waals surface area contributed by atoms with Crippen LogP contribution in [0.25, 0.3) is 0 Å². The van der Waals surface area contributed by atoms with Crippen molar-refractivity contribution < 1.29 is 9.21 Å². The lowest BCUT2D eigenvalue weighted by molar-refractivity contribution is -0.136. The van der Waals surface area contributed by atoms with Crippen LogP contribution >= 0.6 is 0 Å². The molecule has 0 radical (unpaired) electrons. The topological polar surface area (TPSA) is 45.5 Å². The molecule has 1 aliphatic carbocycles. The highest BCUT2D eigenvalue weighted by atomic mass is 16.3. The fourth-order valence-corrected chi connectivity index (χ4v) is 3.89. The van der Waals surface area contributed by atoms with E-state index in [1.54, 1.807) is 0 Å². The highest BCUT2D eigenvalue weighted by Crippen LogP contribution is 2.38. The summed E-state index contributed by atoms with van der Waals surface area (Å²) < 4.78 is 5.65. The van der Waals surface area contributed by atoms with Crippen LogP contribution in [0.2, 0.25) is 0 Å². The van der Waals surface area contributed by atoms with Gasteiger partial charge in [-0.1, -0.05) is 6.42 Å². The number of nitrogens with zero attached hydrogens (tertiary/aromatic N) is 1. The molecule has 3 rings (SSSR count). The molecule has 1 saturated heterocycles. The maximum Gasteiger partial charge on any atom is 0.240 e. The Morgan fingerprint density at radius 1 is 1.43 bits per heavy atom. The first-order valence-corrected chi connectivity index (χ1v) is 8.15. The first kappa shape index (κ1) is 14.6. The Morgan fingerprint density at radius 3 is 2.90 bits per heavy atom. The number of amides is 1. The first-order chi connectivity index (χ1) is 10.1. The van der Waals surface area contributed by atoms with Crippen molar-refractivity contribution in [1.82, 2.24) is 10.2 Å². The second-order valence-corrected chi connectivity index (χ2v) is 6.81. The lowest BCUT2D eigenvalue weighted by atomic mass is 9.93. The fourth-order valence-electron chi connectivity index (χ4n) is 3.89. The Morgan fingerprint density at radius 2 is 2.24 bits per heavy atom. The third-order valence-corrected chi connectivity index (χ3v) is 5.04. The van der Waals surface area contributed by atoms with Gasteiger partial charge in [0.15, 0.2) is 0 Å². The van der Waals surface area contributed by atoms with Gasteiger partial charge in [-0.2, -0.15) is 0 Å². The number of furan rings is 1. The Balaban J connectivity index is 1.72. The third kappa shape index (κ3) is 2.86. The summed E-state index contributed by atoms with van der Waals surface area (Å²) in [6.07, 6.45) is 3.75. The van der Waals surface area contributed by atoms with E-state index in [9.17, 15) is 4.79 Å². The number of carbonyl (C=O) groups excluding carboxylic acids is 1. The van der Waals surface area contributed by atoms with Gasteiger partial charge in [-0.25, -0.2) is 0 Å². The van der Waals surface area contributed by atoms with Crippen molar-refractivity contribution in [1.29, 1.82) is 0 Å². The minimum absolute atomic E-state index is 0.0101. The van der Waals surface area contributed by atoms with Crippen molar-refractivity contribution in [3.05, 3.63) is 23.7 Å². The van der Waals surface area contributed by atoms with E-state index in [2.05, 4.69) is 19.2 Å². The molecular formula is C17H26N2O2. The molecule has 4 nitrogen and oxygen atoms in total. The molecule has 2 heterocycles. The van der Waals surface area contributed by atoms with Gasteiger partial charge < -0.3 is 14.6 Å². The Hall–Kier alpha value is -1.29. The van der Waals surface area contributed by atoms with E-state index in [1.165, 1.54) is 19.3 Å². The van der Waals surface area contributed by atoms with E-state index in [-0.39, 0.29) is 18.0 Å². The number of fused-ring (bicyclic) bond motifs is 1. The van der Waals surface area contributed by atoms with Crippen molar-refractivity contribution in [3.8, 4) is 0 Å². The number of rotatable bonds is 4. The minimum Gasteiger partial charge on any atom is -0.464 e. The van der Waals surface area contributed by atoms with Crippen LogP contribution in [0, 0.1) is 18.8 Å². The van der Waals surface area contributed by atoms with E-state index in [1.807, 2.05) is 24.0 Å². The van der Waals surface area contributed by atoms with E-state index >= 15 is 0 Å². The van der Waals surface area contributed by atoms with Gasteiger partial charge in [-0.3, -0.25) is 4.79 Å². The van der Waals surface area contributed by atoms with E-state index in [0.29, 0.717) is 18.4 Å². The molecule has 0 bridgehead atoms. The Labute approximate surface area is 126 Å². The predicted octanol–water partition coefficient (Wildman–Crippen LogP) is 2.71. The molecule has 3 unspecified atom stereocenters. The van der Waals surface area contributed by atoms with Crippen LogP contribution < -0.4 is 5.32 Å². The second kappa shape index (κ2) is 5.84. The summed E-state index contributed by atoms with van der Waals surface area (Å²) in [6.45, 7) is 7.67. The Kier molecular flexibility index (Phi) is 4.07. The molecule has 1 aromatic rings. The zero-order chi connectivity index (χ0) is 15.0. The lowest BCUT2D eigenvalue weighted by Crippen LogP contribution is -2.48. The highest BCUT2D eigenvalue weighted by molar-refractivity contribution is 5.83. The quantitative estimate of drug-likeness (QED) is 0.927. The zero-order valence-electron chi connectivity index (χ0n) is 13.3. The number of nitrogens with one attached hydrogen (secondary N) is 1. The molecule has 2 fully saturated rings. The summed E-state index contributed by atoms with van der Waals surface area (Å²) in [6, 6.07) is 4.12. The van der Waals surface area contributed by atoms with Crippen molar-refractivity contribution in [2.75, 3.05) is 6.54 Å². The molecule has 1 aromatic heterocycles. The van der Waals surface area contributed by atoms with Crippen molar-refractivity contribution in [2.45, 2.75) is 58.7 Å². The monoisotopic (exact) mass is 290 g/mol. The number of hydrogen-bond donors (Lipinski definition) is 1. The maximum absolute atomic E-state index is 13.0. The predicted molar refractivity (Wildman–Crippen MR) is 81.8 cm³/mol. The Bertz CT molecular complexity index is 509. The van der Waals surface area contributed by atoms with Crippen LogP contribution in [0.4, 0.5) is 0 Å². The van der Waals surface area contributed by atoms with Crippen LogP contribution in [0.3, 0.4) is 0 Å². The lowest BCUT2D eigenvalue weighted by Gasteiger charge is -2.30. The molecule has 1 N–H and O–H groups in total. The van der Waals surface area contributed by atoms with Crippen molar-refractivity contribution in [2.24, 2.45) is 11.8 Å². The van der Waals surface area contributed by atoms with Gasteiger partial charge in [0.05, 0.1) is 12.6 Å². The second-order valence-electron chi connectivity index (χ2n) is 6.81. The minimum atomic E-state index is 0.0101. The van der Waals surface area contributed by atoms with Crippen LogP contribution in [-0.4, -0.2) is 29.4 Å². The number of aryl methyl sites for hydroxylation is 1. The largest absolute Gasteiger partial charge is 0.464 e. The fraction of sp³-hybridized carbons (Fsp3) is 0.706. The average Bonchev–Trinajstić information content (AvgIpc) is 3.10. The number of hydrogen-bond acceptors (Lipinski definition) is 3.